The summed E-state index contributed by atoms with van der Waals surface area (Å²) < 4.78 is 32.9. The minimum absolute atomic E-state index is 0.105. The van der Waals surface area contributed by atoms with Crippen LogP contribution in [0.25, 0.3) is 0 Å². The average Bonchev–Trinajstić information content (AvgIpc) is 2.37. The van der Waals surface area contributed by atoms with E-state index in [0.717, 1.165) is 0 Å². The van der Waals surface area contributed by atoms with Crippen molar-refractivity contribution in [3.05, 3.63) is 59.2 Å². The highest BCUT2D eigenvalue weighted by molar-refractivity contribution is 5.40. The molecule has 0 spiro atoms. The summed E-state index contributed by atoms with van der Waals surface area (Å²) in [6.07, 6.45) is 0.488. The molecule has 2 aromatic rings. The molecule has 2 rings (SSSR count). The molecule has 0 aliphatic rings. The van der Waals surface area contributed by atoms with Crippen molar-refractivity contribution in [1.82, 2.24) is 0 Å². The molecular formula is C16H17F2NO. The Morgan fingerprint density at radius 2 is 1.90 bits per heavy atom. The fourth-order valence-corrected chi connectivity index (χ4v) is 1.93. The van der Waals surface area contributed by atoms with Crippen molar-refractivity contribution in [2.24, 2.45) is 5.73 Å². The fourth-order valence-electron chi connectivity index (χ4n) is 1.93. The molecule has 0 saturated heterocycles. The lowest BCUT2D eigenvalue weighted by Gasteiger charge is -2.14. The maximum Gasteiger partial charge on any atom is 0.166 e. The molecule has 0 fully saturated rings. The van der Waals surface area contributed by atoms with Crippen LogP contribution in [0.4, 0.5) is 8.78 Å². The summed E-state index contributed by atoms with van der Waals surface area (Å²) in [4.78, 5) is 0. The van der Waals surface area contributed by atoms with E-state index in [4.69, 9.17) is 10.5 Å². The highest BCUT2D eigenvalue weighted by Crippen LogP contribution is 2.30. The van der Waals surface area contributed by atoms with E-state index in [9.17, 15) is 8.78 Å². The highest BCUT2D eigenvalue weighted by Gasteiger charge is 2.13. The zero-order chi connectivity index (χ0) is 14.7. The predicted molar refractivity (Wildman–Crippen MR) is 75.0 cm³/mol. The summed E-state index contributed by atoms with van der Waals surface area (Å²) in [5.74, 6) is -0.492. The summed E-state index contributed by atoms with van der Waals surface area (Å²) in [6, 6.07) is 9.01. The van der Waals surface area contributed by atoms with Crippen LogP contribution in [-0.2, 0) is 6.42 Å². The van der Waals surface area contributed by atoms with Gasteiger partial charge < -0.3 is 10.5 Å². The van der Waals surface area contributed by atoms with Crippen molar-refractivity contribution in [3.8, 4) is 11.5 Å². The fraction of sp³-hybridized carbons (Fsp3) is 0.250. The van der Waals surface area contributed by atoms with Crippen LogP contribution in [0.15, 0.2) is 36.4 Å². The van der Waals surface area contributed by atoms with Gasteiger partial charge in [-0.05, 0) is 43.5 Å². The van der Waals surface area contributed by atoms with Gasteiger partial charge in [-0.15, -0.1) is 0 Å². The SMILES string of the molecule is Cc1ccc(Oc2c(F)cccc2CC(C)N)cc1F. The van der Waals surface area contributed by atoms with E-state index in [0.29, 0.717) is 17.5 Å². The molecule has 0 bridgehead atoms. The van der Waals surface area contributed by atoms with Crippen LogP contribution in [0.2, 0.25) is 0 Å². The second-order valence-corrected chi connectivity index (χ2v) is 4.92. The molecule has 2 N–H and O–H groups in total. The molecule has 1 unspecified atom stereocenters. The number of para-hydroxylation sites is 1. The Hall–Kier alpha value is -1.94. The van der Waals surface area contributed by atoms with Gasteiger partial charge in [0.15, 0.2) is 11.6 Å². The Labute approximate surface area is 117 Å². The molecule has 0 heterocycles. The van der Waals surface area contributed by atoms with Crippen molar-refractivity contribution in [2.45, 2.75) is 26.3 Å². The van der Waals surface area contributed by atoms with Crippen molar-refractivity contribution in [3.63, 3.8) is 0 Å². The van der Waals surface area contributed by atoms with E-state index < -0.39 is 5.82 Å². The number of nitrogens with two attached hydrogens (primary N) is 1. The number of benzene rings is 2. The minimum atomic E-state index is -0.482. The maximum atomic E-state index is 13.9. The van der Waals surface area contributed by atoms with E-state index in [1.807, 2.05) is 6.92 Å². The Morgan fingerprint density at radius 1 is 1.15 bits per heavy atom. The number of rotatable bonds is 4. The van der Waals surface area contributed by atoms with E-state index in [1.54, 1.807) is 31.2 Å². The van der Waals surface area contributed by atoms with Gasteiger partial charge >= 0.3 is 0 Å². The smallest absolute Gasteiger partial charge is 0.166 e. The molecule has 0 aliphatic carbocycles. The average molecular weight is 277 g/mol. The summed E-state index contributed by atoms with van der Waals surface area (Å²) in [5.41, 5.74) is 6.93. The third-order valence-electron chi connectivity index (χ3n) is 2.95. The predicted octanol–water partition coefficient (Wildman–Crippen LogP) is 3.96. The van der Waals surface area contributed by atoms with Crippen LogP contribution in [-0.4, -0.2) is 6.04 Å². The lowest BCUT2D eigenvalue weighted by molar-refractivity contribution is 0.431. The van der Waals surface area contributed by atoms with Gasteiger partial charge in [0.05, 0.1) is 0 Å². The first-order valence-electron chi connectivity index (χ1n) is 6.44. The lowest BCUT2D eigenvalue weighted by Crippen LogP contribution is -2.18. The van der Waals surface area contributed by atoms with Crippen molar-refractivity contribution < 1.29 is 13.5 Å². The Bertz CT molecular complexity index is 611. The van der Waals surface area contributed by atoms with E-state index in [-0.39, 0.29) is 23.4 Å². The molecule has 2 nitrogen and oxygen atoms in total. The number of halogens is 2. The molecule has 0 amide bonds. The van der Waals surface area contributed by atoms with E-state index in [1.165, 1.54) is 12.1 Å². The maximum absolute atomic E-state index is 13.9. The topological polar surface area (TPSA) is 35.2 Å². The Balaban J connectivity index is 2.34. The summed E-state index contributed by atoms with van der Waals surface area (Å²) >= 11 is 0. The first kappa shape index (κ1) is 14.5. The summed E-state index contributed by atoms with van der Waals surface area (Å²) in [5, 5.41) is 0. The number of hydrogen-bond acceptors (Lipinski definition) is 2. The summed E-state index contributed by atoms with van der Waals surface area (Å²) in [7, 11) is 0. The van der Waals surface area contributed by atoms with Crippen LogP contribution in [0.3, 0.4) is 0 Å². The molecule has 0 aliphatic heterocycles. The molecule has 4 heteroatoms. The monoisotopic (exact) mass is 277 g/mol. The van der Waals surface area contributed by atoms with Crippen molar-refractivity contribution in [1.29, 1.82) is 0 Å². The van der Waals surface area contributed by atoms with Crippen LogP contribution >= 0.6 is 0 Å². The zero-order valence-corrected chi connectivity index (χ0v) is 11.5. The molecule has 0 radical (unpaired) electrons. The highest BCUT2D eigenvalue weighted by atomic mass is 19.1. The van der Waals surface area contributed by atoms with Crippen molar-refractivity contribution >= 4 is 0 Å². The Kier molecular flexibility index (Phi) is 4.35. The van der Waals surface area contributed by atoms with E-state index >= 15 is 0 Å². The largest absolute Gasteiger partial charge is 0.454 e. The number of aryl methyl sites for hydroxylation is 1. The van der Waals surface area contributed by atoms with Gasteiger partial charge in [-0.2, -0.15) is 0 Å². The lowest BCUT2D eigenvalue weighted by atomic mass is 10.1. The third-order valence-corrected chi connectivity index (χ3v) is 2.95. The normalized spacial score (nSPS) is 12.2. The van der Waals surface area contributed by atoms with Crippen molar-refractivity contribution in [2.75, 3.05) is 0 Å². The second-order valence-electron chi connectivity index (χ2n) is 4.92. The molecule has 0 saturated carbocycles. The van der Waals surface area contributed by atoms with Gasteiger partial charge in [0, 0.05) is 12.1 Å². The van der Waals surface area contributed by atoms with Gasteiger partial charge in [-0.3, -0.25) is 0 Å². The number of ether oxygens (including phenoxy) is 1. The van der Waals surface area contributed by atoms with Gasteiger partial charge in [0.2, 0.25) is 0 Å². The molecular weight excluding hydrogens is 260 g/mol. The quantitative estimate of drug-likeness (QED) is 0.918. The molecule has 0 aromatic heterocycles. The van der Waals surface area contributed by atoms with Gasteiger partial charge in [-0.1, -0.05) is 18.2 Å². The van der Waals surface area contributed by atoms with E-state index in [2.05, 4.69) is 0 Å². The number of hydrogen-bond donors (Lipinski definition) is 1. The first-order valence-corrected chi connectivity index (χ1v) is 6.44. The van der Waals surface area contributed by atoms with Crippen LogP contribution < -0.4 is 10.5 Å². The van der Waals surface area contributed by atoms with Gasteiger partial charge in [-0.25, -0.2) is 8.78 Å². The van der Waals surface area contributed by atoms with Crippen LogP contribution in [0.1, 0.15) is 18.1 Å². The third kappa shape index (κ3) is 3.33. The second kappa shape index (κ2) is 6.01. The van der Waals surface area contributed by atoms with Crippen LogP contribution in [0.5, 0.6) is 11.5 Å². The molecule has 106 valence electrons. The first-order chi connectivity index (χ1) is 9.47. The van der Waals surface area contributed by atoms with Gasteiger partial charge in [0.1, 0.15) is 11.6 Å². The minimum Gasteiger partial charge on any atom is -0.454 e. The van der Waals surface area contributed by atoms with Crippen LogP contribution in [0, 0.1) is 18.6 Å². The standard InChI is InChI=1S/C16H17F2NO/c1-10-6-7-13(9-15(10)18)20-16-12(8-11(2)19)4-3-5-14(16)17/h3-7,9,11H,8,19H2,1-2H3. The Morgan fingerprint density at radius 3 is 2.55 bits per heavy atom. The summed E-state index contributed by atoms with van der Waals surface area (Å²) in [6.45, 7) is 3.49. The molecule has 2 aromatic carbocycles. The molecule has 1 atom stereocenters. The molecule has 20 heavy (non-hydrogen) atoms. The van der Waals surface area contributed by atoms with Gasteiger partial charge in [0.25, 0.3) is 0 Å². The zero-order valence-electron chi connectivity index (χ0n) is 11.5.